The van der Waals surface area contributed by atoms with Gasteiger partial charge in [-0.2, -0.15) is 10.2 Å². The van der Waals surface area contributed by atoms with Gasteiger partial charge in [0.1, 0.15) is 0 Å². The van der Waals surface area contributed by atoms with Crippen LogP contribution in [0.5, 0.6) is 0 Å². The maximum Gasteiger partial charge on any atom is 0.224 e. The van der Waals surface area contributed by atoms with Crippen molar-refractivity contribution in [1.82, 2.24) is 34.7 Å². The maximum absolute atomic E-state index is 12.2. The first-order valence-corrected chi connectivity index (χ1v) is 11.3. The molecule has 1 aromatic carbocycles. The maximum atomic E-state index is 12.2. The Labute approximate surface area is 196 Å². The largest absolute Gasteiger partial charge is 0.353 e. The molecule has 5 aromatic rings. The third-order valence-corrected chi connectivity index (χ3v) is 6.06. The molecule has 4 aromatic heterocycles. The van der Waals surface area contributed by atoms with Crippen LogP contribution in [-0.2, 0) is 18.3 Å². The SMILES string of the molecule is Cn1cc(-c2cc(-c3cnccn3)c3c(-c4ccc(CC(=O)NC5CC5)cc4)cnn3c2)cn1. The molecule has 8 nitrogen and oxygen atoms in total. The lowest BCUT2D eigenvalue weighted by Crippen LogP contribution is -2.26. The second-order valence-electron chi connectivity index (χ2n) is 8.70. The Bertz CT molecular complexity index is 1480. The number of benzene rings is 1. The van der Waals surface area contributed by atoms with Crippen molar-refractivity contribution in [3.63, 3.8) is 0 Å². The van der Waals surface area contributed by atoms with E-state index in [0.29, 0.717) is 12.5 Å². The molecular formula is C26H23N7O. The van der Waals surface area contributed by atoms with E-state index in [1.807, 2.05) is 60.6 Å². The molecule has 4 heterocycles. The monoisotopic (exact) mass is 449 g/mol. The summed E-state index contributed by atoms with van der Waals surface area (Å²) in [7, 11) is 1.90. The van der Waals surface area contributed by atoms with Gasteiger partial charge in [0.2, 0.25) is 5.91 Å². The summed E-state index contributed by atoms with van der Waals surface area (Å²) < 4.78 is 3.67. The molecule has 1 N–H and O–H groups in total. The summed E-state index contributed by atoms with van der Waals surface area (Å²) in [5, 5.41) is 12.0. The predicted octanol–water partition coefficient (Wildman–Crippen LogP) is 3.68. The Morgan fingerprint density at radius 1 is 0.971 bits per heavy atom. The van der Waals surface area contributed by atoms with Crippen LogP contribution in [0.2, 0.25) is 0 Å². The molecule has 0 aliphatic heterocycles. The fourth-order valence-electron chi connectivity index (χ4n) is 4.19. The van der Waals surface area contributed by atoms with Crippen molar-refractivity contribution >= 4 is 11.4 Å². The first kappa shape index (κ1) is 20.3. The zero-order valence-electron chi connectivity index (χ0n) is 18.7. The van der Waals surface area contributed by atoms with Crippen LogP contribution < -0.4 is 5.32 Å². The van der Waals surface area contributed by atoms with Crippen LogP contribution >= 0.6 is 0 Å². The average molecular weight is 450 g/mol. The molecule has 0 unspecified atom stereocenters. The smallest absolute Gasteiger partial charge is 0.224 e. The van der Waals surface area contributed by atoms with Crippen LogP contribution in [0.4, 0.5) is 0 Å². The van der Waals surface area contributed by atoms with Gasteiger partial charge >= 0.3 is 0 Å². The number of hydrogen-bond acceptors (Lipinski definition) is 5. The highest BCUT2D eigenvalue weighted by Crippen LogP contribution is 2.35. The molecule has 1 fully saturated rings. The topological polar surface area (TPSA) is 90.0 Å². The number of hydrogen-bond donors (Lipinski definition) is 1. The van der Waals surface area contributed by atoms with E-state index in [4.69, 9.17) is 0 Å². The molecule has 0 saturated heterocycles. The van der Waals surface area contributed by atoms with Gasteiger partial charge in [-0.05, 0) is 30.0 Å². The molecule has 0 bridgehead atoms. The minimum absolute atomic E-state index is 0.0825. The molecule has 1 aliphatic rings. The molecule has 1 amide bonds. The summed E-state index contributed by atoms with van der Waals surface area (Å²) in [4.78, 5) is 21.0. The summed E-state index contributed by atoms with van der Waals surface area (Å²) in [6.07, 6.45) is 15.4. The lowest BCUT2D eigenvalue weighted by Gasteiger charge is -2.10. The molecule has 0 atom stereocenters. The normalized spacial score (nSPS) is 13.3. The van der Waals surface area contributed by atoms with E-state index in [1.54, 1.807) is 23.3 Å². The molecule has 1 aliphatic carbocycles. The number of pyridine rings is 1. The highest BCUT2D eigenvalue weighted by Gasteiger charge is 2.23. The van der Waals surface area contributed by atoms with Gasteiger partial charge in [0.25, 0.3) is 0 Å². The quantitative estimate of drug-likeness (QED) is 0.427. The van der Waals surface area contributed by atoms with Crippen molar-refractivity contribution in [2.75, 3.05) is 0 Å². The number of aryl methyl sites for hydroxylation is 1. The molecule has 168 valence electrons. The van der Waals surface area contributed by atoms with E-state index in [0.717, 1.165) is 57.4 Å². The third-order valence-electron chi connectivity index (χ3n) is 6.06. The van der Waals surface area contributed by atoms with Crippen molar-refractivity contribution in [1.29, 1.82) is 0 Å². The number of nitrogens with one attached hydrogen (secondary N) is 1. The molecule has 8 heteroatoms. The predicted molar refractivity (Wildman–Crippen MR) is 129 cm³/mol. The Morgan fingerprint density at radius 2 is 1.82 bits per heavy atom. The van der Waals surface area contributed by atoms with Crippen molar-refractivity contribution < 1.29 is 4.79 Å². The Hall–Kier alpha value is -4.33. The van der Waals surface area contributed by atoms with Crippen LogP contribution in [0.1, 0.15) is 18.4 Å². The fourth-order valence-corrected chi connectivity index (χ4v) is 4.19. The van der Waals surface area contributed by atoms with Crippen LogP contribution in [0.15, 0.2) is 73.7 Å². The molecule has 0 radical (unpaired) electrons. The molecule has 6 rings (SSSR count). The molecule has 34 heavy (non-hydrogen) atoms. The van der Waals surface area contributed by atoms with Gasteiger partial charge in [-0.25, -0.2) is 4.52 Å². The summed E-state index contributed by atoms with van der Waals surface area (Å²) >= 11 is 0. The molecular weight excluding hydrogens is 426 g/mol. The zero-order valence-corrected chi connectivity index (χ0v) is 18.7. The van der Waals surface area contributed by atoms with Crippen LogP contribution in [0.3, 0.4) is 0 Å². The van der Waals surface area contributed by atoms with Gasteiger partial charge in [0.05, 0.1) is 36.2 Å². The number of aromatic nitrogens is 6. The number of fused-ring (bicyclic) bond motifs is 1. The van der Waals surface area contributed by atoms with Gasteiger partial charge < -0.3 is 5.32 Å². The van der Waals surface area contributed by atoms with E-state index >= 15 is 0 Å². The van der Waals surface area contributed by atoms with Crippen molar-refractivity contribution in [3.8, 4) is 33.5 Å². The van der Waals surface area contributed by atoms with E-state index < -0.39 is 0 Å². The van der Waals surface area contributed by atoms with Gasteiger partial charge in [-0.3, -0.25) is 19.4 Å². The summed E-state index contributed by atoms with van der Waals surface area (Å²) in [5.41, 5.74) is 7.67. The van der Waals surface area contributed by atoms with Crippen LogP contribution in [-0.4, -0.2) is 41.3 Å². The highest BCUT2D eigenvalue weighted by atomic mass is 16.1. The first-order valence-electron chi connectivity index (χ1n) is 11.3. The molecule has 0 spiro atoms. The number of rotatable bonds is 6. The van der Waals surface area contributed by atoms with Crippen molar-refractivity contribution in [2.45, 2.75) is 25.3 Å². The number of carbonyl (C=O) groups is 1. The summed E-state index contributed by atoms with van der Waals surface area (Å²) in [5.74, 6) is 0.0825. The summed E-state index contributed by atoms with van der Waals surface area (Å²) in [6, 6.07) is 10.6. The zero-order chi connectivity index (χ0) is 23.1. The minimum Gasteiger partial charge on any atom is -0.353 e. The second kappa shape index (κ2) is 8.22. The number of carbonyl (C=O) groups excluding carboxylic acids is 1. The van der Waals surface area contributed by atoms with Gasteiger partial charge in [0, 0.05) is 60.1 Å². The van der Waals surface area contributed by atoms with E-state index in [1.165, 1.54) is 0 Å². The minimum atomic E-state index is 0.0825. The standard InChI is InChI=1S/C26H23N7O/c1-32-15-20(12-29-32)19-11-22(24-14-27-8-9-28-24)26-23(13-30-33(26)16-19)18-4-2-17(3-5-18)10-25(34)31-21-6-7-21/h2-5,8-9,11-16,21H,6-7,10H2,1H3,(H,31,34). The summed E-state index contributed by atoms with van der Waals surface area (Å²) in [6.45, 7) is 0. The lowest BCUT2D eigenvalue weighted by molar-refractivity contribution is -0.120. The van der Waals surface area contributed by atoms with Crippen molar-refractivity contribution in [2.24, 2.45) is 7.05 Å². The fraction of sp³-hybridized carbons (Fsp3) is 0.192. The average Bonchev–Trinajstić information content (AvgIpc) is 3.38. The van der Waals surface area contributed by atoms with Crippen molar-refractivity contribution in [3.05, 3.63) is 79.3 Å². The van der Waals surface area contributed by atoms with Gasteiger partial charge in [-0.15, -0.1) is 0 Å². The van der Waals surface area contributed by atoms with E-state index in [-0.39, 0.29) is 5.91 Å². The Kier molecular flexibility index (Phi) is 4.91. The molecule has 1 saturated carbocycles. The van der Waals surface area contributed by atoms with Gasteiger partial charge in [-0.1, -0.05) is 24.3 Å². The van der Waals surface area contributed by atoms with Crippen LogP contribution in [0, 0.1) is 0 Å². The first-order chi connectivity index (χ1) is 16.6. The van der Waals surface area contributed by atoms with Gasteiger partial charge in [0.15, 0.2) is 0 Å². The Balaban J connectivity index is 1.41. The number of amides is 1. The third kappa shape index (κ3) is 3.94. The number of nitrogens with zero attached hydrogens (tertiary/aromatic N) is 6. The Morgan fingerprint density at radius 3 is 2.53 bits per heavy atom. The van der Waals surface area contributed by atoms with Crippen LogP contribution in [0.25, 0.3) is 39.0 Å². The second-order valence-corrected chi connectivity index (χ2v) is 8.70. The van der Waals surface area contributed by atoms with E-state index in [2.05, 4.69) is 31.5 Å². The lowest BCUT2D eigenvalue weighted by atomic mass is 9.99. The van der Waals surface area contributed by atoms with E-state index in [9.17, 15) is 4.79 Å². The highest BCUT2D eigenvalue weighted by molar-refractivity contribution is 5.93.